The summed E-state index contributed by atoms with van der Waals surface area (Å²) >= 11 is 0. The summed E-state index contributed by atoms with van der Waals surface area (Å²) in [6.07, 6.45) is 9.16. The lowest BCUT2D eigenvalue weighted by molar-refractivity contribution is 0.748. The standard InChI is InChI=1S/C23H26/c1-6-7-8-12-21(17(2)3)16-18(4)22-15-14-20-11-9-10-13-23(20)19(22)5/h6-11,13-17H,1,4,12H2,2-3,5H3/b8-7-,21-16-. The highest BCUT2D eigenvalue weighted by Gasteiger charge is 2.07. The predicted octanol–water partition coefficient (Wildman–Crippen LogP) is 6.88. The molecule has 0 aliphatic rings. The largest absolute Gasteiger partial charge is 0.0991 e. The Bertz CT molecular complexity index is 770. The summed E-state index contributed by atoms with van der Waals surface area (Å²) in [5, 5.41) is 2.58. The van der Waals surface area contributed by atoms with Crippen molar-refractivity contribution < 1.29 is 0 Å². The van der Waals surface area contributed by atoms with Crippen molar-refractivity contribution in [2.45, 2.75) is 27.2 Å². The highest BCUT2D eigenvalue weighted by molar-refractivity contribution is 5.91. The van der Waals surface area contributed by atoms with Gasteiger partial charge in [-0.1, -0.05) is 93.3 Å². The highest BCUT2D eigenvalue weighted by atomic mass is 14.1. The van der Waals surface area contributed by atoms with Crippen LogP contribution >= 0.6 is 0 Å². The van der Waals surface area contributed by atoms with Crippen LogP contribution in [0.2, 0.25) is 0 Å². The zero-order valence-electron chi connectivity index (χ0n) is 14.5. The van der Waals surface area contributed by atoms with E-state index in [0.717, 1.165) is 12.0 Å². The van der Waals surface area contributed by atoms with Gasteiger partial charge in [-0.2, -0.15) is 0 Å². The van der Waals surface area contributed by atoms with Crippen LogP contribution < -0.4 is 0 Å². The normalized spacial score (nSPS) is 12.3. The predicted molar refractivity (Wildman–Crippen MR) is 105 cm³/mol. The first kappa shape index (κ1) is 17.0. The first-order valence-electron chi connectivity index (χ1n) is 8.20. The molecule has 0 unspecified atom stereocenters. The van der Waals surface area contributed by atoms with Crippen molar-refractivity contribution in [3.8, 4) is 0 Å². The molecular formula is C23H26. The third kappa shape index (κ3) is 4.10. The molecule has 0 amide bonds. The molecule has 0 N–H and O–H groups in total. The first-order valence-corrected chi connectivity index (χ1v) is 8.20. The van der Waals surface area contributed by atoms with E-state index in [2.05, 4.69) is 82.5 Å². The van der Waals surface area contributed by atoms with Gasteiger partial charge in [0.1, 0.15) is 0 Å². The summed E-state index contributed by atoms with van der Waals surface area (Å²) in [6, 6.07) is 12.9. The Balaban J connectivity index is 2.38. The third-order valence-corrected chi connectivity index (χ3v) is 4.27. The van der Waals surface area contributed by atoms with E-state index in [1.165, 1.54) is 27.5 Å². The Labute approximate surface area is 140 Å². The molecule has 0 fully saturated rings. The van der Waals surface area contributed by atoms with Gasteiger partial charge in [-0.3, -0.25) is 0 Å². The fraction of sp³-hybridized carbons (Fsp3) is 0.217. The molecule has 0 aliphatic heterocycles. The summed E-state index contributed by atoms with van der Waals surface area (Å²) in [6.45, 7) is 14.7. The van der Waals surface area contributed by atoms with Crippen molar-refractivity contribution >= 4 is 16.3 Å². The molecule has 0 heterocycles. The molecule has 0 nitrogen and oxygen atoms in total. The fourth-order valence-corrected chi connectivity index (χ4v) is 2.84. The lowest BCUT2D eigenvalue weighted by Gasteiger charge is -2.13. The zero-order valence-corrected chi connectivity index (χ0v) is 14.5. The van der Waals surface area contributed by atoms with Crippen molar-refractivity contribution in [1.82, 2.24) is 0 Å². The van der Waals surface area contributed by atoms with Gasteiger partial charge in [0.25, 0.3) is 0 Å². The second-order valence-corrected chi connectivity index (χ2v) is 6.23. The minimum Gasteiger partial charge on any atom is -0.0991 e. The van der Waals surface area contributed by atoms with Crippen LogP contribution in [0.1, 0.15) is 31.4 Å². The van der Waals surface area contributed by atoms with E-state index >= 15 is 0 Å². The van der Waals surface area contributed by atoms with Gasteiger partial charge in [-0.25, -0.2) is 0 Å². The second-order valence-electron chi connectivity index (χ2n) is 6.23. The Morgan fingerprint density at radius 3 is 2.57 bits per heavy atom. The molecule has 2 rings (SSSR count). The van der Waals surface area contributed by atoms with E-state index in [1.807, 2.05) is 12.2 Å². The minimum atomic E-state index is 0.502. The number of hydrogen-bond donors (Lipinski definition) is 0. The summed E-state index contributed by atoms with van der Waals surface area (Å²) < 4.78 is 0. The third-order valence-electron chi connectivity index (χ3n) is 4.27. The van der Waals surface area contributed by atoms with Crippen LogP contribution in [-0.4, -0.2) is 0 Å². The average Bonchev–Trinajstić information content (AvgIpc) is 2.54. The molecule has 0 aromatic heterocycles. The number of fused-ring (bicyclic) bond motifs is 1. The maximum absolute atomic E-state index is 4.32. The Morgan fingerprint density at radius 2 is 1.87 bits per heavy atom. The van der Waals surface area contributed by atoms with E-state index in [0.29, 0.717) is 5.92 Å². The van der Waals surface area contributed by atoms with E-state index in [-0.39, 0.29) is 0 Å². The van der Waals surface area contributed by atoms with Gasteiger partial charge in [-0.05, 0) is 46.7 Å². The molecule has 0 aliphatic carbocycles. The Morgan fingerprint density at radius 1 is 1.13 bits per heavy atom. The smallest absolute Gasteiger partial charge is 0.0130 e. The van der Waals surface area contributed by atoms with Gasteiger partial charge in [-0.15, -0.1) is 0 Å². The second kappa shape index (κ2) is 7.78. The molecule has 0 bridgehead atoms. The van der Waals surface area contributed by atoms with Gasteiger partial charge in [0.2, 0.25) is 0 Å². The molecule has 2 aromatic rings. The van der Waals surface area contributed by atoms with Crippen molar-refractivity contribution in [2.75, 3.05) is 0 Å². The SMILES string of the molecule is C=C/C=C\C/C(=C/C(=C)c1ccc2ccccc2c1C)C(C)C. The van der Waals surface area contributed by atoms with Gasteiger partial charge in [0.05, 0.1) is 0 Å². The number of benzene rings is 2. The minimum absolute atomic E-state index is 0.502. The van der Waals surface area contributed by atoms with Gasteiger partial charge in [0.15, 0.2) is 0 Å². The number of allylic oxidation sites excluding steroid dienone is 6. The summed E-state index contributed by atoms with van der Waals surface area (Å²) in [5.41, 5.74) is 5.01. The van der Waals surface area contributed by atoms with Crippen LogP contribution in [0.3, 0.4) is 0 Å². The molecular weight excluding hydrogens is 276 g/mol. The summed E-state index contributed by atoms with van der Waals surface area (Å²) in [7, 11) is 0. The average molecular weight is 302 g/mol. The Kier molecular flexibility index (Phi) is 5.76. The fourth-order valence-electron chi connectivity index (χ4n) is 2.84. The molecule has 2 aromatic carbocycles. The molecule has 0 heteroatoms. The van der Waals surface area contributed by atoms with Crippen LogP contribution in [0.25, 0.3) is 16.3 Å². The van der Waals surface area contributed by atoms with Crippen LogP contribution in [0.15, 0.2) is 79.4 Å². The number of rotatable bonds is 6. The van der Waals surface area contributed by atoms with E-state index in [1.54, 1.807) is 0 Å². The van der Waals surface area contributed by atoms with Crippen LogP contribution in [0, 0.1) is 12.8 Å². The summed E-state index contributed by atoms with van der Waals surface area (Å²) in [5.74, 6) is 0.502. The van der Waals surface area contributed by atoms with E-state index in [9.17, 15) is 0 Å². The van der Waals surface area contributed by atoms with E-state index < -0.39 is 0 Å². The molecule has 0 atom stereocenters. The quantitative estimate of drug-likeness (QED) is 0.510. The molecule has 0 saturated carbocycles. The monoisotopic (exact) mass is 302 g/mol. The number of hydrogen-bond acceptors (Lipinski definition) is 0. The lowest BCUT2D eigenvalue weighted by atomic mass is 9.91. The molecule has 23 heavy (non-hydrogen) atoms. The van der Waals surface area contributed by atoms with E-state index in [4.69, 9.17) is 0 Å². The summed E-state index contributed by atoms with van der Waals surface area (Å²) in [4.78, 5) is 0. The lowest BCUT2D eigenvalue weighted by Crippen LogP contribution is -1.95. The van der Waals surface area contributed by atoms with Crippen LogP contribution in [-0.2, 0) is 0 Å². The van der Waals surface area contributed by atoms with Crippen molar-refractivity contribution in [1.29, 1.82) is 0 Å². The molecule has 118 valence electrons. The van der Waals surface area contributed by atoms with Crippen LogP contribution in [0.5, 0.6) is 0 Å². The van der Waals surface area contributed by atoms with Crippen molar-refractivity contribution in [3.05, 3.63) is 90.6 Å². The van der Waals surface area contributed by atoms with Gasteiger partial charge < -0.3 is 0 Å². The zero-order chi connectivity index (χ0) is 16.8. The number of aryl methyl sites for hydroxylation is 1. The first-order chi connectivity index (χ1) is 11.0. The molecule has 0 radical (unpaired) electrons. The highest BCUT2D eigenvalue weighted by Crippen LogP contribution is 2.28. The van der Waals surface area contributed by atoms with Crippen molar-refractivity contribution in [2.24, 2.45) is 5.92 Å². The van der Waals surface area contributed by atoms with Crippen LogP contribution in [0.4, 0.5) is 0 Å². The topological polar surface area (TPSA) is 0 Å². The molecule has 0 spiro atoms. The Hall–Kier alpha value is -2.34. The van der Waals surface area contributed by atoms with Gasteiger partial charge >= 0.3 is 0 Å². The molecule has 0 saturated heterocycles. The van der Waals surface area contributed by atoms with Gasteiger partial charge in [0, 0.05) is 0 Å². The van der Waals surface area contributed by atoms with Crippen molar-refractivity contribution in [3.63, 3.8) is 0 Å². The maximum Gasteiger partial charge on any atom is -0.0130 e. The maximum atomic E-state index is 4.32.